The van der Waals surface area contributed by atoms with E-state index in [0.29, 0.717) is 11.3 Å². The highest BCUT2D eigenvalue weighted by atomic mass is 16.5. The van der Waals surface area contributed by atoms with Gasteiger partial charge in [0.15, 0.2) is 11.5 Å². The van der Waals surface area contributed by atoms with E-state index in [1.807, 2.05) is 6.07 Å². The first kappa shape index (κ1) is 14.0. The van der Waals surface area contributed by atoms with Crippen molar-refractivity contribution in [3.63, 3.8) is 0 Å². The van der Waals surface area contributed by atoms with Crippen LogP contribution in [0.5, 0.6) is 0 Å². The van der Waals surface area contributed by atoms with Crippen molar-refractivity contribution in [3.05, 3.63) is 29.7 Å². The summed E-state index contributed by atoms with van der Waals surface area (Å²) < 4.78 is 6.65. The number of hydrogen-bond acceptors (Lipinski definition) is 5. The molecule has 0 bridgehead atoms. The van der Waals surface area contributed by atoms with E-state index in [-0.39, 0.29) is 5.97 Å². The molecule has 6 nitrogen and oxygen atoms in total. The summed E-state index contributed by atoms with van der Waals surface area (Å²) in [6.45, 7) is 2.87. The fourth-order valence-electron chi connectivity index (χ4n) is 2.86. The van der Waals surface area contributed by atoms with Gasteiger partial charge in [0.05, 0.1) is 13.7 Å². The average Bonchev–Trinajstić information content (AvgIpc) is 2.74. The Kier molecular flexibility index (Phi) is 4.15. The number of nitrogens with zero attached hydrogens (tertiary/aromatic N) is 4. The lowest BCUT2D eigenvalue weighted by Gasteiger charge is -2.18. The molecular formula is C15H20N4O2. The number of hydrogen-bond donors (Lipinski definition) is 0. The van der Waals surface area contributed by atoms with E-state index in [1.165, 1.54) is 32.8 Å². The topological polar surface area (TPSA) is 59.7 Å². The number of rotatable bonds is 3. The third-order valence-corrected chi connectivity index (χ3v) is 3.95. The van der Waals surface area contributed by atoms with Crippen LogP contribution in [0.25, 0.3) is 5.65 Å². The van der Waals surface area contributed by atoms with Crippen molar-refractivity contribution in [2.24, 2.45) is 0 Å². The molecule has 3 heterocycles. The maximum Gasteiger partial charge on any atom is 0.355 e. The maximum absolute atomic E-state index is 11.9. The van der Waals surface area contributed by atoms with Crippen LogP contribution in [0, 0.1) is 0 Å². The third kappa shape index (κ3) is 2.90. The summed E-state index contributed by atoms with van der Waals surface area (Å²) in [4.78, 5) is 14.3. The van der Waals surface area contributed by atoms with Crippen LogP contribution < -0.4 is 0 Å². The first-order valence-corrected chi connectivity index (χ1v) is 7.43. The van der Waals surface area contributed by atoms with Gasteiger partial charge in [-0.25, -0.2) is 4.79 Å². The Morgan fingerprint density at radius 3 is 2.67 bits per heavy atom. The number of fused-ring (bicyclic) bond motifs is 1. The monoisotopic (exact) mass is 288 g/mol. The normalized spacial score (nSPS) is 16.8. The molecule has 2 aromatic heterocycles. The highest BCUT2D eigenvalue weighted by Crippen LogP contribution is 2.15. The molecule has 112 valence electrons. The molecule has 1 aliphatic heterocycles. The van der Waals surface area contributed by atoms with Gasteiger partial charge in [0.1, 0.15) is 5.69 Å². The molecule has 0 unspecified atom stereocenters. The number of likely N-dealkylation sites (tertiary alicyclic amines) is 1. The highest BCUT2D eigenvalue weighted by molar-refractivity contribution is 5.88. The molecule has 0 amide bonds. The molecule has 0 saturated carbocycles. The van der Waals surface area contributed by atoms with Gasteiger partial charge in [-0.15, -0.1) is 10.2 Å². The summed E-state index contributed by atoms with van der Waals surface area (Å²) in [7, 11) is 1.39. The van der Waals surface area contributed by atoms with Crippen LogP contribution in [0.4, 0.5) is 0 Å². The van der Waals surface area contributed by atoms with Crippen LogP contribution in [-0.4, -0.2) is 45.7 Å². The van der Waals surface area contributed by atoms with Gasteiger partial charge in [-0.3, -0.25) is 9.30 Å². The zero-order valence-electron chi connectivity index (χ0n) is 12.3. The molecule has 1 saturated heterocycles. The quantitative estimate of drug-likeness (QED) is 0.807. The number of carbonyl (C=O) groups is 1. The Hall–Kier alpha value is -1.95. The van der Waals surface area contributed by atoms with E-state index in [9.17, 15) is 4.79 Å². The van der Waals surface area contributed by atoms with E-state index in [4.69, 9.17) is 4.74 Å². The third-order valence-electron chi connectivity index (χ3n) is 3.95. The maximum atomic E-state index is 11.9. The van der Waals surface area contributed by atoms with Crippen LogP contribution in [-0.2, 0) is 11.3 Å². The van der Waals surface area contributed by atoms with Crippen molar-refractivity contribution in [3.8, 4) is 0 Å². The van der Waals surface area contributed by atoms with Crippen molar-refractivity contribution in [1.82, 2.24) is 19.5 Å². The van der Waals surface area contributed by atoms with Crippen LogP contribution >= 0.6 is 0 Å². The van der Waals surface area contributed by atoms with Gasteiger partial charge >= 0.3 is 5.97 Å². The van der Waals surface area contributed by atoms with Crippen LogP contribution in [0.15, 0.2) is 18.2 Å². The minimum atomic E-state index is -0.363. The molecule has 0 atom stereocenters. The van der Waals surface area contributed by atoms with Crippen molar-refractivity contribution in [1.29, 1.82) is 0 Å². The number of pyridine rings is 1. The summed E-state index contributed by atoms with van der Waals surface area (Å²) in [5.74, 6) is 0.436. The Morgan fingerprint density at radius 1 is 1.19 bits per heavy atom. The fourth-order valence-corrected chi connectivity index (χ4v) is 2.86. The number of ether oxygens (including phenoxy) is 1. The molecule has 0 aliphatic carbocycles. The number of methoxy groups -OCH3 is 1. The standard InChI is InChI=1S/C15H20N4O2/c1-21-15(20)12-7-6-8-13-16-17-14(19(12)13)11-18-9-4-2-3-5-10-18/h6-8H,2-5,9-11H2,1H3. The Balaban J connectivity index is 1.93. The Bertz CT molecular complexity index is 630. The molecule has 3 rings (SSSR count). The molecule has 1 fully saturated rings. The average molecular weight is 288 g/mol. The summed E-state index contributed by atoms with van der Waals surface area (Å²) in [5.41, 5.74) is 1.16. The second kappa shape index (κ2) is 6.22. The van der Waals surface area contributed by atoms with Gasteiger partial charge in [0.2, 0.25) is 0 Å². The predicted molar refractivity (Wildman–Crippen MR) is 78.1 cm³/mol. The SMILES string of the molecule is COC(=O)c1cccc2nnc(CN3CCCCCC3)n12. The molecular weight excluding hydrogens is 268 g/mol. The minimum Gasteiger partial charge on any atom is -0.464 e. The Labute approximate surface area is 123 Å². The van der Waals surface area contributed by atoms with Gasteiger partial charge in [0.25, 0.3) is 0 Å². The van der Waals surface area contributed by atoms with E-state index in [0.717, 1.165) is 25.5 Å². The lowest BCUT2D eigenvalue weighted by atomic mass is 10.2. The van der Waals surface area contributed by atoms with Gasteiger partial charge in [-0.05, 0) is 38.1 Å². The molecule has 1 aliphatic rings. The Morgan fingerprint density at radius 2 is 1.95 bits per heavy atom. The molecule has 0 N–H and O–H groups in total. The lowest BCUT2D eigenvalue weighted by Crippen LogP contribution is -2.25. The first-order chi connectivity index (χ1) is 10.3. The molecule has 6 heteroatoms. The van der Waals surface area contributed by atoms with Crippen LogP contribution in [0.1, 0.15) is 42.0 Å². The van der Waals surface area contributed by atoms with Gasteiger partial charge in [-0.2, -0.15) is 0 Å². The lowest BCUT2D eigenvalue weighted by molar-refractivity contribution is 0.0591. The summed E-state index contributed by atoms with van der Waals surface area (Å²) in [6, 6.07) is 5.39. The molecule has 0 spiro atoms. The van der Waals surface area contributed by atoms with Crippen molar-refractivity contribution in [2.45, 2.75) is 32.2 Å². The largest absolute Gasteiger partial charge is 0.464 e. The van der Waals surface area contributed by atoms with Crippen molar-refractivity contribution < 1.29 is 9.53 Å². The predicted octanol–water partition coefficient (Wildman–Crippen LogP) is 1.89. The first-order valence-electron chi connectivity index (χ1n) is 7.43. The van der Waals surface area contributed by atoms with Gasteiger partial charge in [-0.1, -0.05) is 18.9 Å². The summed E-state index contributed by atoms with van der Waals surface area (Å²) in [5, 5.41) is 8.42. The highest BCUT2D eigenvalue weighted by Gasteiger charge is 2.18. The molecule has 21 heavy (non-hydrogen) atoms. The van der Waals surface area contributed by atoms with E-state index in [1.54, 1.807) is 16.5 Å². The van der Waals surface area contributed by atoms with E-state index < -0.39 is 0 Å². The number of carbonyl (C=O) groups excluding carboxylic acids is 1. The van der Waals surface area contributed by atoms with Gasteiger partial charge < -0.3 is 4.74 Å². The molecule has 0 aromatic carbocycles. The van der Waals surface area contributed by atoms with Crippen LogP contribution in [0.3, 0.4) is 0 Å². The fraction of sp³-hybridized carbons (Fsp3) is 0.533. The molecule has 0 radical (unpaired) electrons. The minimum absolute atomic E-state index is 0.363. The number of esters is 1. The van der Waals surface area contributed by atoms with E-state index >= 15 is 0 Å². The zero-order valence-corrected chi connectivity index (χ0v) is 12.3. The van der Waals surface area contributed by atoms with Gasteiger partial charge in [0, 0.05) is 0 Å². The smallest absolute Gasteiger partial charge is 0.355 e. The second-order valence-electron chi connectivity index (χ2n) is 5.40. The number of aromatic nitrogens is 3. The second-order valence-corrected chi connectivity index (χ2v) is 5.40. The van der Waals surface area contributed by atoms with Crippen molar-refractivity contribution >= 4 is 11.6 Å². The van der Waals surface area contributed by atoms with E-state index in [2.05, 4.69) is 15.1 Å². The van der Waals surface area contributed by atoms with Crippen LogP contribution in [0.2, 0.25) is 0 Å². The summed E-state index contributed by atoms with van der Waals surface area (Å²) in [6.07, 6.45) is 5.04. The molecule has 2 aromatic rings. The summed E-state index contributed by atoms with van der Waals surface area (Å²) >= 11 is 0. The van der Waals surface area contributed by atoms with Crippen molar-refractivity contribution in [2.75, 3.05) is 20.2 Å². The zero-order chi connectivity index (χ0) is 14.7.